The summed E-state index contributed by atoms with van der Waals surface area (Å²) < 4.78 is 24.4. The highest BCUT2D eigenvalue weighted by molar-refractivity contribution is 7.07. The highest BCUT2D eigenvalue weighted by Gasteiger charge is 2.34. The van der Waals surface area contributed by atoms with Crippen molar-refractivity contribution in [1.29, 1.82) is 0 Å². The minimum absolute atomic E-state index is 0.126. The van der Waals surface area contributed by atoms with Crippen LogP contribution in [0.4, 0.5) is 0 Å². The summed E-state index contributed by atoms with van der Waals surface area (Å²) in [6.45, 7) is 12.0. The molecule has 0 fully saturated rings. The lowest BCUT2D eigenvalue weighted by Gasteiger charge is -2.25. The zero-order valence-corrected chi connectivity index (χ0v) is 25.6. The van der Waals surface area contributed by atoms with E-state index in [0.717, 1.165) is 17.7 Å². The van der Waals surface area contributed by atoms with E-state index in [4.69, 9.17) is 18.9 Å². The number of ether oxygens (including phenoxy) is 4. The van der Waals surface area contributed by atoms with Crippen LogP contribution in [-0.2, 0) is 14.3 Å². The monoisotopic (exact) mass is 592 g/mol. The third-order valence-corrected chi connectivity index (χ3v) is 7.26. The molecule has 10 heteroatoms. The van der Waals surface area contributed by atoms with Crippen molar-refractivity contribution in [1.82, 2.24) is 4.57 Å². The van der Waals surface area contributed by atoms with Gasteiger partial charge in [-0.3, -0.25) is 14.2 Å². The van der Waals surface area contributed by atoms with Crippen LogP contribution in [-0.4, -0.2) is 36.3 Å². The second kappa shape index (κ2) is 13.7. The third kappa shape index (κ3) is 6.99. The van der Waals surface area contributed by atoms with E-state index in [1.54, 1.807) is 31.2 Å². The van der Waals surface area contributed by atoms with Gasteiger partial charge in [0.2, 0.25) is 0 Å². The Hall–Kier alpha value is -4.18. The number of aromatic nitrogens is 1. The Morgan fingerprint density at radius 3 is 2.45 bits per heavy atom. The molecular weight excluding hydrogens is 556 g/mol. The number of benzene rings is 2. The smallest absolute Gasteiger partial charge is 0.338 e. The predicted molar refractivity (Wildman–Crippen MR) is 161 cm³/mol. The van der Waals surface area contributed by atoms with E-state index in [-0.39, 0.29) is 29.4 Å². The molecule has 0 spiro atoms. The van der Waals surface area contributed by atoms with Crippen LogP contribution < -0.4 is 29.1 Å². The summed E-state index contributed by atoms with van der Waals surface area (Å²) in [5.74, 6) is 0.418. The van der Waals surface area contributed by atoms with E-state index < -0.39 is 18.0 Å². The van der Waals surface area contributed by atoms with Crippen LogP contribution in [0.3, 0.4) is 0 Å². The standard InChI is InChI=1S/C32H36N2O7S/c1-7-15-39-24-12-9-22(10-13-24)16-27-30(36)34-29(23-11-14-25(41-21(6)35)26(17-23)38-8-2)28(20(5)33-32(34)42-27)31(37)40-18-19(3)4/h9-14,16-17,19,29H,7-8,15,18H2,1-6H3/b27-16-. The molecule has 0 saturated carbocycles. The third-order valence-electron chi connectivity index (χ3n) is 6.28. The molecule has 222 valence electrons. The molecule has 1 aromatic heterocycles. The summed E-state index contributed by atoms with van der Waals surface area (Å²) in [7, 11) is 0. The largest absolute Gasteiger partial charge is 0.494 e. The summed E-state index contributed by atoms with van der Waals surface area (Å²) in [4.78, 5) is 44.2. The predicted octanol–water partition coefficient (Wildman–Crippen LogP) is 4.55. The number of carbonyl (C=O) groups excluding carboxylic acids is 2. The molecule has 0 amide bonds. The molecule has 4 rings (SSSR count). The molecular formula is C32H36N2O7S. The van der Waals surface area contributed by atoms with Gasteiger partial charge in [0.05, 0.1) is 41.7 Å². The molecule has 0 bridgehead atoms. The normalized spacial score (nSPS) is 14.8. The van der Waals surface area contributed by atoms with Gasteiger partial charge in [-0.05, 0) is 67.7 Å². The van der Waals surface area contributed by atoms with Gasteiger partial charge >= 0.3 is 11.9 Å². The van der Waals surface area contributed by atoms with Gasteiger partial charge in [-0.2, -0.15) is 0 Å². The number of hydrogen-bond donors (Lipinski definition) is 0. The number of carbonyl (C=O) groups is 2. The molecule has 0 N–H and O–H groups in total. The summed E-state index contributed by atoms with van der Waals surface area (Å²) in [6, 6.07) is 11.7. The zero-order valence-electron chi connectivity index (χ0n) is 24.8. The number of nitrogens with zero attached hydrogens (tertiary/aromatic N) is 2. The van der Waals surface area contributed by atoms with Gasteiger partial charge in [0.15, 0.2) is 16.3 Å². The number of esters is 2. The van der Waals surface area contributed by atoms with Crippen LogP contribution in [0.25, 0.3) is 6.08 Å². The van der Waals surface area contributed by atoms with Crippen molar-refractivity contribution >= 4 is 29.4 Å². The first-order valence-electron chi connectivity index (χ1n) is 14.0. The average Bonchev–Trinajstić information content (AvgIpc) is 3.25. The fraction of sp³-hybridized carbons (Fsp3) is 0.375. The van der Waals surface area contributed by atoms with E-state index in [1.165, 1.54) is 22.8 Å². The van der Waals surface area contributed by atoms with Crippen molar-refractivity contribution in [3.05, 3.63) is 84.5 Å². The number of fused-ring (bicyclic) bond motifs is 1. The fourth-order valence-corrected chi connectivity index (χ4v) is 5.50. The average molecular weight is 593 g/mol. The van der Waals surface area contributed by atoms with Crippen molar-refractivity contribution in [2.45, 2.75) is 54.0 Å². The highest BCUT2D eigenvalue weighted by atomic mass is 32.1. The van der Waals surface area contributed by atoms with E-state index in [2.05, 4.69) is 4.99 Å². The van der Waals surface area contributed by atoms with Crippen LogP contribution in [0.2, 0.25) is 0 Å². The van der Waals surface area contributed by atoms with Crippen LogP contribution >= 0.6 is 11.3 Å². The van der Waals surface area contributed by atoms with Crippen molar-refractivity contribution in [2.75, 3.05) is 19.8 Å². The van der Waals surface area contributed by atoms with E-state index in [1.807, 2.05) is 52.0 Å². The lowest BCUT2D eigenvalue weighted by Crippen LogP contribution is -2.40. The van der Waals surface area contributed by atoms with Gasteiger partial charge in [0, 0.05) is 6.92 Å². The molecule has 1 aliphatic rings. The summed E-state index contributed by atoms with van der Waals surface area (Å²) in [5, 5.41) is 0. The van der Waals surface area contributed by atoms with Crippen molar-refractivity contribution in [3.63, 3.8) is 0 Å². The molecule has 1 aliphatic heterocycles. The first-order chi connectivity index (χ1) is 20.1. The van der Waals surface area contributed by atoms with Crippen LogP contribution in [0, 0.1) is 5.92 Å². The minimum atomic E-state index is -0.835. The molecule has 2 aromatic carbocycles. The molecule has 0 radical (unpaired) electrons. The first kappa shape index (κ1) is 30.8. The van der Waals surface area contributed by atoms with E-state index in [9.17, 15) is 14.4 Å². The second-order valence-electron chi connectivity index (χ2n) is 10.2. The van der Waals surface area contributed by atoms with Gasteiger partial charge in [-0.15, -0.1) is 0 Å². The van der Waals surface area contributed by atoms with Crippen molar-refractivity contribution < 1.29 is 28.5 Å². The lowest BCUT2D eigenvalue weighted by atomic mass is 9.95. The molecule has 1 unspecified atom stereocenters. The highest BCUT2D eigenvalue weighted by Crippen LogP contribution is 2.36. The maximum atomic E-state index is 14.0. The van der Waals surface area contributed by atoms with Crippen LogP contribution in [0.1, 0.15) is 65.1 Å². The van der Waals surface area contributed by atoms with Crippen molar-refractivity contribution in [3.8, 4) is 17.2 Å². The van der Waals surface area contributed by atoms with E-state index >= 15 is 0 Å². The summed E-state index contributed by atoms with van der Waals surface area (Å²) >= 11 is 1.25. The summed E-state index contributed by atoms with van der Waals surface area (Å²) in [5.41, 5.74) is 1.84. The van der Waals surface area contributed by atoms with Crippen LogP contribution in [0.5, 0.6) is 17.2 Å². The topological polar surface area (TPSA) is 105 Å². The SMILES string of the molecule is CCCOc1ccc(/C=c2\sc3n(c2=O)C(c2ccc(OC(C)=O)c(OCC)c2)C(C(=O)OCC(C)C)=C(C)N=3)cc1. The molecule has 3 aromatic rings. The Bertz CT molecular complexity index is 1670. The minimum Gasteiger partial charge on any atom is -0.494 e. The Balaban J connectivity index is 1.86. The molecule has 42 heavy (non-hydrogen) atoms. The number of thiazole rings is 1. The Morgan fingerprint density at radius 2 is 1.81 bits per heavy atom. The Kier molecular flexibility index (Phi) is 10.0. The zero-order chi connectivity index (χ0) is 30.4. The molecule has 0 aliphatic carbocycles. The van der Waals surface area contributed by atoms with Gasteiger partial charge < -0.3 is 18.9 Å². The maximum Gasteiger partial charge on any atom is 0.338 e. The Morgan fingerprint density at radius 1 is 1.07 bits per heavy atom. The number of hydrogen-bond acceptors (Lipinski definition) is 9. The van der Waals surface area contributed by atoms with Gasteiger partial charge in [0.1, 0.15) is 5.75 Å². The van der Waals surface area contributed by atoms with Crippen molar-refractivity contribution in [2.24, 2.45) is 10.9 Å². The fourth-order valence-electron chi connectivity index (χ4n) is 4.45. The quantitative estimate of drug-likeness (QED) is 0.238. The maximum absolute atomic E-state index is 14.0. The molecule has 1 atom stereocenters. The number of rotatable bonds is 11. The Labute approximate surface area is 248 Å². The second-order valence-corrected chi connectivity index (χ2v) is 11.2. The van der Waals surface area contributed by atoms with Gasteiger partial charge in [-0.1, -0.05) is 50.3 Å². The molecule has 9 nitrogen and oxygen atoms in total. The van der Waals surface area contributed by atoms with Crippen LogP contribution in [0.15, 0.2) is 63.5 Å². The summed E-state index contributed by atoms with van der Waals surface area (Å²) in [6.07, 6.45) is 2.71. The number of allylic oxidation sites excluding steroid dienone is 1. The molecule has 0 saturated heterocycles. The first-order valence-corrected chi connectivity index (χ1v) is 14.8. The van der Waals surface area contributed by atoms with Gasteiger partial charge in [-0.25, -0.2) is 9.79 Å². The van der Waals surface area contributed by atoms with Gasteiger partial charge in [0.25, 0.3) is 5.56 Å². The van der Waals surface area contributed by atoms with E-state index in [0.29, 0.717) is 39.6 Å². The lowest BCUT2D eigenvalue weighted by molar-refractivity contribution is -0.140. The molecule has 2 heterocycles.